The number of hydrogen-bond acceptors (Lipinski definition) is 4. The zero-order valence-electron chi connectivity index (χ0n) is 14.4. The Morgan fingerprint density at radius 3 is 2.62 bits per heavy atom. The highest BCUT2D eigenvalue weighted by atomic mass is 79.9. The number of aromatic nitrogens is 3. The zero-order chi connectivity index (χ0) is 18.3. The maximum atomic E-state index is 10.4. The third kappa shape index (κ3) is 3.04. The Morgan fingerprint density at radius 1 is 1.08 bits per heavy atom. The number of hydrogen-bond donors (Lipinski definition) is 2. The second kappa shape index (κ2) is 6.46. The molecule has 2 aromatic carbocycles. The molecular formula is C20H17BrN4O. The lowest BCUT2D eigenvalue weighted by Crippen LogP contribution is -1.98. The minimum Gasteiger partial charge on any atom is -0.507 e. The average molecular weight is 409 g/mol. The van der Waals surface area contributed by atoms with Crippen LogP contribution in [-0.2, 0) is 0 Å². The van der Waals surface area contributed by atoms with E-state index in [1.807, 2.05) is 16.7 Å². The van der Waals surface area contributed by atoms with Crippen molar-refractivity contribution < 1.29 is 5.11 Å². The molecule has 0 bridgehead atoms. The van der Waals surface area contributed by atoms with Crippen molar-refractivity contribution in [2.24, 2.45) is 0 Å². The molecule has 0 saturated heterocycles. The Bertz CT molecular complexity index is 1100. The van der Waals surface area contributed by atoms with Crippen LogP contribution in [0.1, 0.15) is 11.1 Å². The van der Waals surface area contributed by atoms with E-state index in [0.29, 0.717) is 16.9 Å². The molecule has 2 N–H and O–H groups in total. The Balaban J connectivity index is 1.93. The van der Waals surface area contributed by atoms with Gasteiger partial charge in [-0.2, -0.15) is 0 Å². The van der Waals surface area contributed by atoms with Crippen LogP contribution in [-0.4, -0.2) is 19.5 Å². The largest absolute Gasteiger partial charge is 0.507 e. The molecule has 0 aliphatic heterocycles. The molecular weight excluding hydrogens is 392 g/mol. The minimum absolute atomic E-state index is 0.174. The van der Waals surface area contributed by atoms with E-state index in [1.54, 1.807) is 24.5 Å². The molecule has 0 unspecified atom stereocenters. The third-order valence-electron chi connectivity index (χ3n) is 4.13. The molecule has 130 valence electrons. The average Bonchev–Trinajstić information content (AvgIpc) is 2.95. The highest BCUT2D eigenvalue weighted by Crippen LogP contribution is 2.37. The fourth-order valence-corrected chi connectivity index (χ4v) is 3.46. The number of phenols is 1. The Morgan fingerprint density at radius 2 is 1.85 bits per heavy atom. The molecule has 4 aromatic rings. The molecule has 4 rings (SSSR count). The molecule has 0 aliphatic carbocycles. The number of aryl methyl sites for hydroxylation is 2. The number of rotatable bonds is 3. The summed E-state index contributed by atoms with van der Waals surface area (Å²) in [5.41, 5.74) is 5.33. The van der Waals surface area contributed by atoms with Crippen molar-refractivity contribution >= 4 is 33.1 Å². The second-order valence-electron chi connectivity index (χ2n) is 6.28. The summed E-state index contributed by atoms with van der Waals surface area (Å²) in [5.74, 6) is 0.953. The maximum absolute atomic E-state index is 10.4. The summed E-state index contributed by atoms with van der Waals surface area (Å²) in [6, 6.07) is 11.6. The van der Waals surface area contributed by atoms with Crippen LogP contribution in [0.2, 0.25) is 0 Å². The van der Waals surface area contributed by atoms with Gasteiger partial charge in [0, 0.05) is 28.1 Å². The highest BCUT2D eigenvalue weighted by Gasteiger charge is 2.18. The van der Waals surface area contributed by atoms with E-state index in [2.05, 4.69) is 63.3 Å². The van der Waals surface area contributed by atoms with Crippen LogP contribution in [0.3, 0.4) is 0 Å². The summed E-state index contributed by atoms with van der Waals surface area (Å²) < 4.78 is 2.80. The van der Waals surface area contributed by atoms with Crippen molar-refractivity contribution in [3.05, 3.63) is 70.6 Å². The van der Waals surface area contributed by atoms with E-state index in [-0.39, 0.29) is 5.75 Å². The van der Waals surface area contributed by atoms with Crippen LogP contribution in [0.15, 0.2) is 59.5 Å². The van der Waals surface area contributed by atoms with Gasteiger partial charge in [-0.1, -0.05) is 22.0 Å². The number of phenolic OH excluding ortho intramolecular Hbond substituents is 1. The summed E-state index contributed by atoms with van der Waals surface area (Å²) >= 11 is 3.47. The van der Waals surface area contributed by atoms with Gasteiger partial charge in [-0.15, -0.1) is 0 Å². The van der Waals surface area contributed by atoms with Crippen molar-refractivity contribution in [2.75, 3.05) is 5.32 Å². The number of fused-ring (bicyclic) bond motifs is 1. The van der Waals surface area contributed by atoms with Crippen molar-refractivity contribution in [1.82, 2.24) is 14.4 Å². The quantitative estimate of drug-likeness (QED) is 0.487. The van der Waals surface area contributed by atoms with Crippen molar-refractivity contribution in [3.8, 4) is 17.0 Å². The molecule has 0 radical (unpaired) electrons. The number of benzene rings is 2. The molecule has 0 spiro atoms. The van der Waals surface area contributed by atoms with Gasteiger partial charge < -0.3 is 10.4 Å². The topological polar surface area (TPSA) is 62.5 Å². The van der Waals surface area contributed by atoms with Gasteiger partial charge in [-0.3, -0.25) is 9.38 Å². The van der Waals surface area contributed by atoms with Crippen LogP contribution in [0.5, 0.6) is 5.75 Å². The van der Waals surface area contributed by atoms with Crippen molar-refractivity contribution in [3.63, 3.8) is 0 Å². The monoisotopic (exact) mass is 408 g/mol. The standard InChI is InChI=1S/C20H17BrN4O/c1-12-7-13(2)9-15(8-12)23-20-19(16-10-14(21)3-4-17(16)26)24-18-11-22-5-6-25(18)20/h3-11,23,26H,1-2H3. The minimum atomic E-state index is 0.174. The van der Waals surface area contributed by atoms with Gasteiger partial charge in [0.05, 0.1) is 6.20 Å². The van der Waals surface area contributed by atoms with Crippen LogP contribution in [0.25, 0.3) is 16.9 Å². The molecule has 0 atom stereocenters. The lowest BCUT2D eigenvalue weighted by Gasteiger charge is -2.11. The number of aromatic hydroxyl groups is 1. The first-order chi connectivity index (χ1) is 12.5. The smallest absolute Gasteiger partial charge is 0.157 e. The van der Waals surface area contributed by atoms with Crippen LogP contribution >= 0.6 is 15.9 Å². The number of imidazole rings is 1. The molecule has 0 fully saturated rings. The number of anilines is 2. The first-order valence-electron chi connectivity index (χ1n) is 8.17. The SMILES string of the molecule is Cc1cc(C)cc(Nc2c(-c3cc(Br)ccc3O)nc3cnccn23)c1. The van der Waals surface area contributed by atoms with Gasteiger partial charge in [0.2, 0.25) is 0 Å². The molecule has 26 heavy (non-hydrogen) atoms. The number of nitrogens with one attached hydrogen (secondary N) is 1. The van der Waals surface area contributed by atoms with Gasteiger partial charge in [0.1, 0.15) is 17.3 Å². The van der Waals surface area contributed by atoms with Crippen molar-refractivity contribution in [2.45, 2.75) is 13.8 Å². The Kier molecular flexibility index (Phi) is 4.12. The zero-order valence-corrected chi connectivity index (χ0v) is 15.9. The van der Waals surface area contributed by atoms with Gasteiger partial charge in [0.15, 0.2) is 5.65 Å². The molecule has 2 aromatic heterocycles. The van der Waals surface area contributed by atoms with Gasteiger partial charge >= 0.3 is 0 Å². The summed E-state index contributed by atoms with van der Waals surface area (Å²) in [6.07, 6.45) is 5.27. The van der Waals surface area contributed by atoms with Crippen LogP contribution in [0.4, 0.5) is 11.5 Å². The summed E-state index contributed by atoms with van der Waals surface area (Å²) in [4.78, 5) is 8.84. The number of halogens is 1. The lowest BCUT2D eigenvalue weighted by atomic mass is 10.1. The van der Waals surface area contributed by atoms with Gasteiger partial charge in [0.25, 0.3) is 0 Å². The normalized spacial score (nSPS) is 11.0. The molecule has 6 heteroatoms. The van der Waals surface area contributed by atoms with E-state index in [9.17, 15) is 5.11 Å². The maximum Gasteiger partial charge on any atom is 0.157 e. The predicted octanol–water partition coefficient (Wildman–Crippen LogP) is 5.22. The summed E-state index contributed by atoms with van der Waals surface area (Å²) in [7, 11) is 0. The molecule has 0 saturated carbocycles. The number of nitrogens with zero attached hydrogens (tertiary/aromatic N) is 3. The molecule has 0 amide bonds. The first kappa shape index (κ1) is 16.6. The second-order valence-corrected chi connectivity index (χ2v) is 7.19. The Hall–Kier alpha value is -2.86. The van der Waals surface area contributed by atoms with E-state index in [1.165, 1.54) is 11.1 Å². The molecule has 5 nitrogen and oxygen atoms in total. The summed E-state index contributed by atoms with van der Waals surface area (Å²) in [6.45, 7) is 4.13. The van der Waals surface area contributed by atoms with E-state index < -0.39 is 0 Å². The fraction of sp³-hybridized carbons (Fsp3) is 0.100. The van der Waals surface area contributed by atoms with Crippen molar-refractivity contribution in [1.29, 1.82) is 0 Å². The first-order valence-corrected chi connectivity index (χ1v) is 8.97. The third-order valence-corrected chi connectivity index (χ3v) is 4.62. The van der Waals surface area contributed by atoms with Crippen LogP contribution in [0, 0.1) is 13.8 Å². The predicted molar refractivity (Wildman–Crippen MR) is 107 cm³/mol. The van der Waals surface area contributed by atoms with Gasteiger partial charge in [-0.25, -0.2) is 4.98 Å². The fourth-order valence-electron chi connectivity index (χ4n) is 3.10. The van der Waals surface area contributed by atoms with E-state index in [0.717, 1.165) is 16.0 Å². The summed E-state index contributed by atoms with van der Waals surface area (Å²) in [5, 5.41) is 13.8. The molecule has 2 heterocycles. The van der Waals surface area contributed by atoms with Gasteiger partial charge in [-0.05, 0) is 55.3 Å². The Labute approximate surface area is 159 Å². The molecule has 0 aliphatic rings. The van der Waals surface area contributed by atoms with Crippen LogP contribution < -0.4 is 5.32 Å². The highest BCUT2D eigenvalue weighted by molar-refractivity contribution is 9.10. The van der Waals surface area contributed by atoms with E-state index >= 15 is 0 Å². The van der Waals surface area contributed by atoms with E-state index in [4.69, 9.17) is 0 Å². The lowest BCUT2D eigenvalue weighted by molar-refractivity contribution is 0.477.